The number of phenols is 1. The molecule has 4 nitrogen and oxygen atoms in total. The molecule has 2 rings (SSSR count). The molecule has 0 saturated heterocycles. The molecule has 0 heterocycles. The highest BCUT2D eigenvalue weighted by Gasteiger charge is 2.06. The van der Waals surface area contributed by atoms with Gasteiger partial charge in [-0.05, 0) is 41.8 Å². The molecule has 2 aromatic carbocycles. The molecule has 0 aliphatic heterocycles. The fraction of sp³-hybridized carbons (Fsp3) is 0.167. The molecule has 0 unspecified atom stereocenters. The van der Waals surface area contributed by atoms with Gasteiger partial charge in [-0.15, -0.1) is 11.6 Å². The van der Waals surface area contributed by atoms with Crippen molar-refractivity contribution < 1.29 is 14.6 Å². The first-order valence-corrected chi connectivity index (χ1v) is 7.67. The Kier molecular flexibility index (Phi) is 6.06. The number of anilines is 1. The van der Waals surface area contributed by atoms with E-state index in [2.05, 4.69) is 5.32 Å². The van der Waals surface area contributed by atoms with Crippen LogP contribution in [-0.2, 0) is 11.2 Å². The van der Waals surface area contributed by atoms with E-state index < -0.39 is 0 Å². The lowest BCUT2D eigenvalue weighted by molar-refractivity contribution is -0.111. The number of halogens is 1. The maximum atomic E-state index is 12.1. The Morgan fingerprint density at radius 2 is 2.13 bits per heavy atom. The molecular formula is C18H18ClNO3. The Bertz CT molecular complexity index is 713. The van der Waals surface area contributed by atoms with E-state index in [0.29, 0.717) is 18.0 Å². The molecule has 0 aromatic heterocycles. The van der Waals surface area contributed by atoms with E-state index in [-0.39, 0.29) is 11.7 Å². The third-order valence-electron chi connectivity index (χ3n) is 3.24. The summed E-state index contributed by atoms with van der Waals surface area (Å²) in [6, 6.07) is 12.2. The average Bonchev–Trinajstić information content (AvgIpc) is 2.56. The van der Waals surface area contributed by atoms with Crippen molar-refractivity contribution in [3.63, 3.8) is 0 Å². The Morgan fingerprint density at radius 3 is 2.87 bits per heavy atom. The molecule has 0 atom stereocenters. The zero-order valence-corrected chi connectivity index (χ0v) is 13.5. The fourth-order valence-corrected chi connectivity index (χ4v) is 2.30. The number of hydrogen-bond donors (Lipinski definition) is 2. The summed E-state index contributed by atoms with van der Waals surface area (Å²) in [4.78, 5) is 12.1. The first-order valence-electron chi connectivity index (χ1n) is 7.13. The molecule has 0 aliphatic rings. The summed E-state index contributed by atoms with van der Waals surface area (Å²) >= 11 is 5.75. The van der Waals surface area contributed by atoms with Gasteiger partial charge in [0, 0.05) is 23.7 Å². The molecule has 0 spiro atoms. The van der Waals surface area contributed by atoms with Gasteiger partial charge in [-0.1, -0.05) is 18.2 Å². The van der Waals surface area contributed by atoms with Crippen LogP contribution in [0.1, 0.15) is 11.1 Å². The SMILES string of the molecule is COc1cccc(/C=C/C(=O)Nc2cc(O)ccc2CCCl)c1. The van der Waals surface area contributed by atoms with E-state index in [1.807, 2.05) is 24.3 Å². The predicted octanol–water partition coefficient (Wildman–Crippen LogP) is 3.83. The minimum absolute atomic E-state index is 0.0930. The number of nitrogens with one attached hydrogen (secondary N) is 1. The zero-order valence-electron chi connectivity index (χ0n) is 12.8. The average molecular weight is 332 g/mol. The maximum absolute atomic E-state index is 12.1. The van der Waals surface area contributed by atoms with Crippen LogP contribution in [0.4, 0.5) is 5.69 Å². The molecule has 2 aromatic rings. The van der Waals surface area contributed by atoms with Crippen molar-refractivity contribution >= 4 is 29.3 Å². The van der Waals surface area contributed by atoms with Crippen LogP contribution in [-0.4, -0.2) is 24.0 Å². The summed E-state index contributed by atoms with van der Waals surface area (Å²) in [5, 5.41) is 12.3. The monoisotopic (exact) mass is 331 g/mol. The van der Waals surface area contributed by atoms with Crippen molar-refractivity contribution in [2.24, 2.45) is 0 Å². The Labute approximate surface area is 140 Å². The number of rotatable bonds is 6. The van der Waals surface area contributed by atoms with Gasteiger partial charge in [0.25, 0.3) is 0 Å². The molecule has 23 heavy (non-hydrogen) atoms. The quantitative estimate of drug-likeness (QED) is 0.624. The first kappa shape index (κ1) is 16.9. The number of methoxy groups -OCH3 is 1. The van der Waals surface area contributed by atoms with Crippen LogP contribution in [0.25, 0.3) is 6.08 Å². The molecule has 0 bridgehead atoms. The number of carbonyl (C=O) groups is 1. The number of phenolic OH excluding ortho intramolecular Hbond substituents is 1. The van der Waals surface area contributed by atoms with Crippen LogP contribution in [0.2, 0.25) is 0 Å². The van der Waals surface area contributed by atoms with Crippen LogP contribution in [0.3, 0.4) is 0 Å². The number of aromatic hydroxyl groups is 1. The van der Waals surface area contributed by atoms with E-state index in [1.54, 1.807) is 25.3 Å². The van der Waals surface area contributed by atoms with E-state index >= 15 is 0 Å². The minimum Gasteiger partial charge on any atom is -0.508 e. The van der Waals surface area contributed by atoms with Crippen LogP contribution in [0.5, 0.6) is 11.5 Å². The third kappa shape index (κ3) is 5.04. The molecule has 120 valence electrons. The molecule has 1 amide bonds. The molecular weight excluding hydrogens is 314 g/mol. The van der Waals surface area contributed by atoms with Crippen molar-refractivity contribution in [1.29, 1.82) is 0 Å². The molecule has 0 radical (unpaired) electrons. The topological polar surface area (TPSA) is 58.6 Å². The van der Waals surface area contributed by atoms with Gasteiger partial charge in [0.1, 0.15) is 11.5 Å². The van der Waals surface area contributed by atoms with Crippen LogP contribution in [0.15, 0.2) is 48.5 Å². The van der Waals surface area contributed by atoms with Gasteiger partial charge in [0.2, 0.25) is 5.91 Å². The Balaban J connectivity index is 2.09. The molecule has 2 N–H and O–H groups in total. The van der Waals surface area contributed by atoms with E-state index in [4.69, 9.17) is 16.3 Å². The van der Waals surface area contributed by atoms with Gasteiger partial charge in [-0.3, -0.25) is 4.79 Å². The second-order valence-electron chi connectivity index (χ2n) is 4.88. The van der Waals surface area contributed by atoms with Crippen molar-refractivity contribution in [3.8, 4) is 11.5 Å². The van der Waals surface area contributed by atoms with E-state index in [1.165, 1.54) is 12.1 Å². The number of alkyl halides is 1. The lowest BCUT2D eigenvalue weighted by Gasteiger charge is -2.09. The highest BCUT2D eigenvalue weighted by atomic mass is 35.5. The normalized spacial score (nSPS) is 10.7. The van der Waals surface area contributed by atoms with Crippen LogP contribution in [0, 0.1) is 0 Å². The molecule has 0 saturated carbocycles. The van der Waals surface area contributed by atoms with Crippen molar-refractivity contribution in [2.75, 3.05) is 18.3 Å². The zero-order chi connectivity index (χ0) is 16.7. The van der Waals surface area contributed by atoms with Crippen molar-refractivity contribution in [3.05, 3.63) is 59.7 Å². The Hall–Kier alpha value is -2.46. The molecule has 0 fully saturated rings. The maximum Gasteiger partial charge on any atom is 0.248 e. The van der Waals surface area contributed by atoms with Gasteiger partial charge < -0.3 is 15.2 Å². The standard InChI is InChI=1S/C18H18ClNO3/c1-23-16-4-2-3-13(11-16)5-8-18(22)20-17-12-15(21)7-6-14(17)9-10-19/h2-8,11-12,21H,9-10H2,1H3,(H,20,22)/b8-5+. The number of aryl methyl sites for hydroxylation is 1. The summed E-state index contributed by atoms with van der Waals surface area (Å²) in [5.41, 5.74) is 2.29. The van der Waals surface area contributed by atoms with Crippen LogP contribution >= 0.6 is 11.6 Å². The summed E-state index contributed by atoms with van der Waals surface area (Å²) in [6.45, 7) is 0. The number of carbonyl (C=O) groups excluding carboxylic acids is 1. The van der Waals surface area contributed by atoms with Gasteiger partial charge in [-0.2, -0.15) is 0 Å². The molecule has 5 heteroatoms. The van der Waals surface area contributed by atoms with Gasteiger partial charge in [0.05, 0.1) is 7.11 Å². The predicted molar refractivity (Wildman–Crippen MR) is 93.2 cm³/mol. The number of ether oxygens (including phenoxy) is 1. The van der Waals surface area contributed by atoms with Crippen LogP contribution < -0.4 is 10.1 Å². The Morgan fingerprint density at radius 1 is 1.30 bits per heavy atom. The van der Waals surface area contributed by atoms with Gasteiger partial charge in [-0.25, -0.2) is 0 Å². The summed E-state index contributed by atoms with van der Waals surface area (Å²) in [6.07, 6.45) is 3.74. The van der Waals surface area contributed by atoms with E-state index in [9.17, 15) is 9.90 Å². The largest absolute Gasteiger partial charge is 0.508 e. The number of hydrogen-bond acceptors (Lipinski definition) is 3. The summed E-state index contributed by atoms with van der Waals surface area (Å²) in [5.74, 6) is 0.974. The smallest absolute Gasteiger partial charge is 0.248 e. The molecule has 0 aliphatic carbocycles. The van der Waals surface area contributed by atoms with Gasteiger partial charge in [0.15, 0.2) is 0 Å². The highest BCUT2D eigenvalue weighted by molar-refractivity contribution is 6.18. The third-order valence-corrected chi connectivity index (χ3v) is 3.43. The fourth-order valence-electron chi connectivity index (χ4n) is 2.09. The second kappa shape index (κ2) is 8.25. The van der Waals surface area contributed by atoms with Gasteiger partial charge >= 0.3 is 0 Å². The van der Waals surface area contributed by atoms with E-state index in [0.717, 1.165) is 16.9 Å². The van der Waals surface area contributed by atoms with Crippen molar-refractivity contribution in [1.82, 2.24) is 0 Å². The summed E-state index contributed by atoms with van der Waals surface area (Å²) < 4.78 is 5.14. The first-order chi connectivity index (χ1) is 11.1. The van der Waals surface area contributed by atoms with Crippen molar-refractivity contribution in [2.45, 2.75) is 6.42 Å². The highest BCUT2D eigenvalue weighted by Crippen LogP contribution is 2.22. The number of amides is 1. The summed E-state index contributed by atoms with van der Waals surface area (Å²) in [7, 11) is 1.59. The minimum atomic E-state index is -0.283. The lowest BCUT2D eigenvalue weighted by Crippen LogP contribution is -2.10. The number of benzene rings is 2. The lowest BCUT2D eigenvalue weighted by atomic mass is 10.1. The second-order valence-corrected chi connectivity index (χ2v) is 5.26.